The predicted molar refractivity (Wildman–Crippen MR) is 101 cm³/mol. The Morgan fingerprint density at radius 2 is 1.92 bits per heavy atom. The van der Waals surface area contributed by atoms with Crippen LogP contribution in [0.5, 0.6) is 0 Å². The highest BCUT2D eigenvalue weighted by molar-refractivity contribution is 6.30. The molecule has 2 aromatic rings. The maximum Gasteiger partial charge on any atom is 0.151 e. The molecule has 0 bridgehead atoms. The van der Waals surface area contributed by atoms with Gasteiger partial charge >= 0.3 is 0 Å². The van der Waals surface area contributed by atoms with Crippen molar-refractivity contribution in [2.75, 3.05) is 31.1 Å². The van der Waals surface area contributed by atoms with Crippen molar-refractivity contribution in [1.29, 1.82) is 0 Å². The average molecular weight is 363 g/mol. The molecule has 0 atom stereocenters. The first-order chi connectivity index (χ1) is 12.1. The smallest absolute Gasteiger partial charge is 0.151 e. The van der Waals surface area contributed by atoms with Gasteiger partial charge in [-0.05, 0) is 20.3 Å². The zero-order chi connectivity index (χ0) is 17.8. The summed E-state index contributed by atoms with van der Waals surface area (Å²) in [7, 11) is 0. The van der Waals surface area contributed by atoms with E-state index in [4.69, 9.17) is 11.6 Å². The summed E-state index contributed by atoms with van der Waals surface area (Å²) in [5, 5.41) is 0.619. The van der Waals surface area contributed by atoms with Crippen LogP contribution >= 0.6 is 11.6 Å². The number of unbranched alkanes of at least 4 members (excludes halogenated alkanes) is 1. The second-order valence-electron chi connectivity index (χ2n) is 6.74. The van der Waals surface area contributed by atoms with Crippen LogP contribution in [0.1, 0.15) is 42.7 Å². The lowest BCUT2D eigenvalue weighted by Crippen LogP contribution is -2.46. The van der Waals surface area contributed by atoms with Crippen molar-refractivity contribution in [3.63, 3.8) is 0 Å². The molecule has 25 heavy (non-hydrogen) atoms. The number of rotatable bonds is 6. The molecule has 0 amide bonds. The van der Waals surface area contributed by atoms with Crippen LogP contribution in [0.4, 0.5) is 5.82 Å². The molecule has 2 aromatic heterocycles. The van der Waals surface area contributed by atoms with Gasteiger partial charge in [0.15, 0.2) is 5.15 Å². The molecule has 136 valence electrons. The van der Waals surface area contributed by atoms with Crippen molar-refractivity contribution in [1.82, 2.24) is 24.8 Å². The molecule has 1 saturated heterocycles. The molecule has 1 aliphatic rings. The van der Waals surface area contributed by atoms with E-state index < -0.39 is 0 Å². The third-order valence-electron chi connectivity index (χ3n) is 4.65. The maximum absolute atomic E-state index is 6.31. The molecule has 3 rings (SSSR count). The topological polar surface area (TPSA) is 60.9 Å². The van der Waals surface area contributed by atoms with Crippen LogP contribution in [0.15, 0.2) is 6.20 Å². The van der Waals surface area contributed by atoms with E-state index in [0.717, 1.165) is 80.7 Å². The molecule has 0 unspecified atom stereocenters. The van der Waals surface area contributed by atoms with Gasteiger partial charge in [-0.1, -0.05) is 24.9 Å². The molecule has 0 saturated carbocycles. The zero-order valence-corrected chi connectivity index (χ0v) is 16.1. The minimum atomic E-state index is 0.619. The minimum absolute atomic E-state index is 0.619. The highest BCUT2D eigenvalue weighted by atomic mass is 35.5. The molecule has 0 aliphatic carbocycles. The van der Waals surface area contributed by atoms with Gasteiger partial charge in [-0.3, -0.25) is 9.88 Å². The summed E-state index contributed by atoms with van der Waals surface area (Å²) in [5.41, 5.74) is 3.00. The summed E-state index contributed by atoms with van der Waals surface area (Å²) >= 11 is 6.31. The molecule has 1 N–H and O–H groups in total. The van der Waals surface area contributed by atoms with Gasteiger partial charge in [0, 0.05) is 45.3 Å². The number of nitrogens with one attached hydrogen (secondary N) is 1. The van der Waals surface area contributed by atoms with Gasteiger partial charge in [0.05, 0.1) is 17.1 Å². The fourth-order valence-corrected chi connectivity index (χ4v) is 3.38. The van der Waals surface area contributed by atoms with Crippen LogP contribution in [0.3, 0.4) is 0 Å². The number of aromatic nitrogens is 4. The Morgan fingerprint density at radius 1 is 1.16 bits per heavy atom. The van der Waals surface area contributed by atoms with Gasteiger partial charge < -0.3 is 9.88 Å². The Bertz CT molecular complexity index is 706. The Morgan fingerprint density at radius 3 is 2.64 bits per heavy atom. The van der Waals surface area contributed by atoms with E-state index >= 15 is 0 Å². The molecule has 0 spiro atoms. The van der Waals surface area contributed by atoms with Crippen molar-refractivity contribution in [2.45, 2.75) is 46.6 Å². The van der Waals surface area contributed by atoms with E-state index in [0.29, 0.717) is 5.15 Å². The van der Waals surface area contributed by atoms with Crippen molar-refractivity contribution in [3.8, 4) is 0 Å². The van der Waals surface area contributed by atoms with E-state index in [1.807, 2.05) is 20.0 Å². The fourth-order valence-electron chi connectivity index (χ4n) is 3.17. The normalized spacial score (nSPS) is 15.8. The van der Waals surface area contributed by atoms with E-state index in [2.05, 4.69) is 36.7 Å². The first-order valence-electron chi connectivity index (χ1n) is 9.07. The fraction of sp³-hybridized carbons (Fsp3) is 0.611. The second kappa shape index (κ2) is 8.15. The Labute approximate surface area is 154 Å². The number of hydrogen-bond donors (Lipinski definition) is 1. The van der Waals surface area contributed by atoms with E-state index in [1.165, 1.54) is 0 Å². The van der Waals surface area contributed by atoms with Crippen LogP contribution < -0.4 is 4.90 Å². The minimum Gasteiger partial charge on any atom is -0.353 e. The molecule has 7 heteroatoms. The average Bonchev–Trinajstić information content (AvgIpc) is 2.95. The first-order valence-corrected chi connectivity index (χ1v) is 9.45. The standard InChI is InChI=1S/C18H27ClN6/c1-4-5-6-16-22-15(17(19)23-16)12-24-7-9-25(10-8-24)18-14(3)20-11-13(2)21-18/h11H,4-10,12H2,1-3H3,(H,22,23). The molecule has 6 nitrogen and oxygen atoms in total. The van der Waals surface area contributed by atoms with Gasteiger partial charge in [0.2, 0.25) is 0 Å². The lowest BCUT2D eigenvalue weighted by atomic mass is 10.2. The van der Waals surface area contributed by atoms with Gasteiger partial charge in [0.25, 0.3) is 0 Å². The number of nitrogens with zero attached hydrogens (tertiary/aromatic N) is 5. The van der Waals surface area contributed by atoms with Crippen LogP contribution in [0.25, 0.3) is 0 Å². The summed E-state index contributed by atoms with van der Waals surface area (Å²) in [6.45, 7) is 10.9. The van der Waals surface area contributed by atoms with Crippen molar-refractivity contribution in [3.05, 3.63) is 34.3 Å². The molecule has 0 aromatic carbocycles. The molecular weight excluding hydrogens is 336 g/mol. The van der Waals surface area contributed by atoms with Crippen LogP contribution in [-0.4, -0.2) is 51.0 Å². The molecule has 3 heterocycles. The molecule has 0 radical (unpaired) electrons. The Balaban J connectivity index is 1.57. The third-order valence-corrected chi connectivity index (χ3v) is 4.96. The number of aryl methyl sites for hydroxylation is 3. The molecular formula is C18H27ClN6. The maximum atomic E-state index is 6.31. The van der Waals surface area contributed by atoms with E-state index in [-0.39, 0.29) is 0 Å². The van der Waals surface area contributed by atoms with Gasteiger partial charge in [-0.2, -0.15) is 0 Å². The van der Waals surface area contributed by atoms with Crippen LogP contribution in [0.2, 0.25) is 5.15 Å². The molecule has 1 aliphatic heterocycles. The lowest BCUT2D eigenvalue weighted by molar-refractivity contribution is 0.246. The highest BCUT2D eigenvalue weighted by Crippen LogP contribution is 2.20. The summed E-state index contributed by atoms with van der Waals surface area (Å²) < 4.78 is 0. The summed E-state index contributed by atoms with van der Waals surface area (Å²) in [4.78, 5) is 21.7. The zero-order valence-electron chi connectivity index (χ0n) is 15.3. The lowest BCUT2D eigenvalue weighted by Gasteiger charge is -2.35. The summed E-state index contributed by atoms with van der Waals surface area (Å²) in [5.74, 6) is 2.02. The summed E-state index contributed by atoms with van der Waals surface area (Å²) in [6.07, 6.45) is 5.09. The van der Waals surface area contributed by atoms with E-state index in [1.54, 1.807) is 0 Å². The quantitative estimate of drug-likeness (QED) is 0.855. The number of halogens is 1. The Kier molecular flexibility index (Phi) is 5.91. The first kappa shape index (κ1) is 18.1. The van der Waals surface area contributed by atoms with Crippen molar-refractivity contribution >= 4 is 17.4 Å². The number of imidazole rings is 1. The Hall–Kier alpha value is -1.66. The summed E-state index contributed by atoms with van der Waals surface area (Å²) in [6, 6.07) is 0. The van der Waals surface area contributed by atoms with Gasteiger partial charge in [0.1, 0.15) is 11.6 Å². The third kappa shape index (κ3) is 4.50. The predicted octanol–water partition coefficient (Wildman–Crippen LogP) is 3.13. The van der Waals surface area contributed by atoms with Crippen molar-refractivity contribution in [2.24, 2.45) is 0 Å². The monoisotopic (exact) mass is 362 g/mol. The number of aromatic amines is 1. The van der Waals surface area contributed by atoms with Crippen LogP contribution in [-0.2, 0) is 13.0 Å². The highest BCUT2D eigenvalue weighted by Gasteiger charge is 2.21. The van der Waals surface area contributed by atoms with Crippen LogP contribution in [0, 0.1) is 13.8 Å². The van der Waals surface area contributed by atoms with Gasteiger partial charge in [-0.15, -0.1) is 0 Å². The molecule has 1 fully saturated rings. The number of H-pyrrole nitrogens is 1. The SMILES string of the molecule is CCCCc1nc(Cl)c(CN2CCN(c3nc(C)cnc3C)CC2)[nH]1. The van der Waals surface area contributed by atoms with Crippen molar-refractivity contribution < 1.29 is 0 Å². The second-order valence-corrected chi connectivity index (χ2v) is 7.10. The number of anilines is 1. The number of piperazine rings is 1. The van der Waals surface area contributed by atoms with E-state index in [9.17, 15) is 0 Å². The van der Waals surface area contributed by atoms with Gasteiger partial charge in [-0.25, -0.2) is 9.97 Å². The number of hydrogen-bond acceptors (Lipinski definition) is 5. The largest absolute Gasteiger partial charge is 0.353 e.